The zero-order valence-electron chi connectivity index (χ0n) is 14.4. The molecule has 0 fully saturated rings. The molecule has 0 aliphatic rings. The minimum absolute atomic E-state index is 0.0440. The van der Waals surface area contributed by atoms with E-state index >= 15 is 0 Å². The molecule has 0 saturated heterocycles. The fraction of sp³-hybridized carbons (Fsp3) is 0.158. The van der Waals surface area contributed by atoms with E-state index in [1.165, 1.54) is 13.1 Å². The number of nitrogens with two attached hydrogens (primary N) is 1. The monoisotopic (exact) mass is 336 g/mol. The maximum absolute atomic E-state index is 10.3. The lowest BCUT2D eigenvalue weighted by molar-refractivity contribution is -0.132. The molecule has 0 bridgehead atoms. The predicted octanol–water partition coefficient (Wildman–Crippen LogP) is 2.93. The Labute approximate surface area is 147 Å². The van der Waals surface area contributed by atoms with Crippen molar-refractivity contribution in [1.82, 2.24) is 4.98 Å². The van der Waals surface area contributed by atoms with Gasteiger partial charge in [0.25, 0.3) is 0 Å². The Hall–Kier alpha value is -3.46. The first kappa shape index (κ1) is 19.6. The van der Waals surface area contributed by atoms with Crippen LogP contribution in [0.1, 0.15) is 18.2 Å². The standard InChI is InChI=1S/C13H10N2.C6H10N2O2/c1-10-7-12(8-14)13(9-15-10)11-5-3-2-4-6-11;1-3-4(6(9)10)5(7)8-2/h2-7,9H,1H3;3H,1-2H3,(H2,7,8)(H,9,10)/b;4-3+. The highest BCUT2D eigenvalue weighted by molar-refractivity contribution is 6.17. The van der Waals surface area contributed by atoms with Crippen LogP contribution in [0.2, 0.25) is 0 Å². The molecule has 1 aromatic heterocycles. The van der Waals surface area contributed by atoms with E-state index in [4.69, 9.17) is 16.1 Å². The number of aromatic nitrogens is 1. The first-order valence-corrected chi connectivity index (χ1v) is 7.49. The number of rotatable bonds is 3. The van der Waals surface area contributed by atoms with E-state index < -0.39 is 5.97 Å². The molecule has 0 saturated carbocycles. The first-order chi connectivity index (χ1) is 11.9. The Balaban J connectivity index is 0.000000275. The van der Waals surface area contributed by atoms with Gasteiger partial charge >= 0.3 is 5.97 Å². The highest BCUT2D eigenvalue weighted by Crippen LogP contribution is 2.22. The summed E-state index contributed by atoms with van der Waals surface area (Å²) < 4.78 is 0. The normalized spacial score (nSPS) is 11.1. The van der Waals surface area contributed by atoms with Crippen molar-refractivity contribution in [2.24, 2.45) is 10.7 Å². The quantitative estimate of drug-likeness (QED) is 0.508. The number of benzene rings is 1. The molecule has 0 spiro atoms. The summed E-state index contributed by atoms with van der Waals surface area (Å²) in [6, 6.07) is 13.8. The van der Waals surface area contributed by atoms with E-state index in [0.29, 0.717) is 5.56 Å². The van der Waals surface area contributed by atoms with Gasteiger partial charge in [-0.05, 0) is 25.5 Å². The minimum atomic E-state index is -1.05. The zero-order valence-corrected chi connectivity index (χ0v) is 14.4. The van der Waals surface area contributed by atoms with E-state index in [2.05, 4.69) is 16.0 Å². The number of allylic oxidation sites excluding steroid dienone is 1. The number of nitrogens with zero attached hydrogens (tertiary/aromatic N) is 3. The van der Waals surface area contributed by atoms with Crippen molar-refractivity contribution in [3.8, 4) is 17.2 Å². The van der Waals surface area contributed by atoms with Crippen LogP contribution < -0.4 is 5.73 Å². The summed E-state index contributed by atoms with van der Waals surface area (Å²) in [6.45, 7) is 3.48. The number of hydrogen-bond donors (Lipinski definition) is 2. The van der Waals surface area contributed by atoms with Crippen molar-refractivity contribution in [3.63, 3.8) is 0 Å². The minimum Gasteiger partial charge on any atom is -0.478 e. The molecule has 0 aliphatic heterocycles. The van der Waals surface area contributed by atoms with Gasteiger partial charge in [0.2, 0.25) is 0 Å². The van der Waals surface area contributed by atoms with Gasteiger partial charge < -0.3 is 10.8 Å². The van der Waals surface area contributed by atoms with Crippen LogP contribution in [0.25, 0.3) is 11.1 Å². The largest absolute Gasteiger partial charge is 0.478 e. The molecule has 128 valence electrons. The smallest absolute Gasteiger partial charge is 0.339 e. The van der Waals surface area contributed by atoms with Gasteiger partial charge in [0.05, 0.1) is 17.2 Å². The molecule has 0 atom stereocenters. The molecule has 1 heterocycles. The molecular formula is C19H20N4O2. The lowest BCUT2D eigenvalue weighted by atomic mass is 10.0. The summed E-state index contributed by atoms with van der Waals surface area (Å²) in [5, 5.41) is 17.5. The molecule has 3 N–H and O–H groups in total. The second kappa shape index (κ2) is 9.63. The highest BCUT2D eigenvalue weighted by atomic mass is 16.4. The van der Waals surface area contributed by atoms with Gasteiger partial charge in [-0.15, -0.1) is 0 Å². The number of amidine groups is 1. The third kappa shape index (κ3) is 5.59. The maximum Gasteiger partial charge on any atom is 0.339 e. The van der Waals surface area contributed by atoms with Crippen molar-refractivity contribution < 1.29 is 9.90 Å². The SMILES string of the molecule is C/C=C(/C(=O)O)C(N)=NC.Cc1cc(C#N)c(-c2ccccc2)cn1. The Morgan fingerprint density at radius 1 is 1.36 bits per heavy atom. The number of aliphatic carboxylic acids is 1. The number of carboxylic acids is 1. The van der Waals surface area contributed by atoms with Gasteiger partial charge in [-0.25, -0.2) is 4.79 Å². The summed E-state index contributed by atoms with van der Waals surface area (Å²) in [5.74, 6) is -0.999. The van der Waals surface area contributed by atoms with Crippen LogP contribution in [-0.4, -0.2) is 28.9 Å². The Morgan fingerprint density at radius 2 is 2.00 bits per heavy atom. The molecular weight excluding hydrogens is 316 g/mol. The van der Waals surface area contributed by atoms with Crippen LogP contribution in [0.4, 0.5) is 0 Å². The molecule has 0 amide bonds. The molecule has 6 nitrogen and oxygen atoms in total. The molecule has 25 heavy (non-hydrogen) atoms. The molecule has 1 aromatic carbocycles. The Morgan fingerprint density at radius 3 is 2.44 bits per heavy atom. The molecule has 2 rings (SSSR count). The van der Waals surface area contributed by atoms with Crippen molar-refractivity contribution in [2.75, 3.05) is 7.05 Å². The van der Waals surface area contributed by atoms with Gasteiger partial charge in [0.15, 0.2) is 0 Å². The second-order valence-electron chi connectivity index (χ2n) is 4.97. The number of carboxylic acid groups (broad SMARTS) is 1. The summed E-state index contributed by atoms with van der Waals surface area (Å²) >= 11 is 0. The summed E-state index contributed by atoms with van der Waals surface area (Å²) in [4.78, 5) is 18.0. The first-order valence-electron chi connectivity index (χ1n) is 7.49. The van der Waals surface area contributed by atoms with Gasteiger partial charge in [-0.2, -0.15) is 5.26 Å². The number of pyridine rings is 1. The topological polar surface area (TPSA) is 112 Å². The fourth-order valence-corrected chi connectivity index (χ4v) is 2.00. The van der Waals surface area contributed by atoms with Gasteiger partial charge in [0.1, 0.15) is 5.84 Å². The number of hydrogen-bond acceptors (Lipinski definition) is 4. The number of carbonyl (C=O) groups is 1. The molecule has 0 radical (unpaired) electrons. The molecule has 0 aliphatic carbocycles. The average molecular weight is 336 g/mol. The van der Waals surface area contributed by atoms with Crippen molar-refractivity contribution >= 4 is 11.8 Å². The van der Waals surface area contributed by atoms with Crippen molar-refractivity contribution in [1.29, 1.82) is 5.26 Å². The lowest BCUT2D eigenvalue weighted by Crippen LogP contribution is -2.20. The van der Waals surface area contributed by atoms with Crippen LogP contribution >= 0.6 is 0 Å². The third-order valence-electron chi connectivity index (χ3n) is 3.28. The van der Waals surface area contributed by atoms with Crippen molar-refractivity contribution in [2.45, 2.75) is 13.8 Å². The van der Waals surface area contributed by atoms with E-state index in [1.54, 1.807) is 13.1 Å². The van der Waals surface area contributed by atoms with E-state index in [1.807, 2.05) is 43.3 Å². The van der Waals surface area contributed by atoms with Crippen LogP contribution in [-0.2, 0) is 4.79 Å². The Bertz CT molecular complexity index is 834. The van der Waals surface area contributed by atoms with E-state index in [-0.39, 0.29) is 11.4 Å². The van der Waals surface area contributed by atoms with E-state index in [9.17, 15) is 4.79 Å². The molecule has 0 unspecified atom stereocenters. The lowest BCUT2D eigenvalue weighted by Gasteiger charge is -2.03. The molecule has 2 aromatic rings. The van der Waals surface area contributed by atoms with Crippen LogP contribution in [0.3, 0.4) is 0 Å². The molecule has 6 heteroatoms. The van der Waals surface area contributed by atoms with Crippen molar-refractivity contribution in [3.05, 3.63) is 65.5 Å². The van der Waals surface area contributed by atoms with Gasteiger partial charge in [-0.3, -0.25) is 9.98 Å². The van der Waals surface area contributed by atoms with Gasteiger partial charge in [-0.1, -0.05) is 36.4 Å². The highest BCUT2D eigenvalue weighted by Gasteiger charge is 2.08. The average Bonchev–Trinajstić information content (AvgIpc) is 2.63. The summed E-state index contributed by atoms with van der Waals surface area (Å²) in [6.07, 6.45) is 3.16. The van der Waals surface area contributed by atoms with Crippen LogP contribution in [0, 0.1) is 18.3 Å². The third-order valence-corrected chi connectivity index (χ3v) is 3.28. The van der Waals surface area contributed by atoms with Crippen LogP contribution in [0.5, 0.6) is 0 Å². The second-order valence-corrected chi connectivity index (χ2v) is 4.97. The van der Waals surface area contributed by atoms with Gasteiger partial charge in [0, 0.05) is 24.5 Å². The number of nitriles is 1. The number of aliphatic imine (C=N–C) groups is 1. The summed E-state index contributed by atoms with van der Waals surface area (Å²) in [5.41, 5.74) is 8.74. The van der Waals surface area contributed by atoms with E-state index in [0.717, 1.165) is 16.8 Å². The zero-order chi connectivity index (χ0) is 18.8. The Kier molecular flexibility index (Phi) is 7.54. The fourth-order valence-electron chi connectivity index (χ4n) is 2.00. The number of aryl methyl sites for hydroxylation is 1. The summed E-state index contributed by atoms with van der Waals surface area (Å²) in [7, 11) is 1.45. The maximum atomic E-state index is 10.3. The predicted molar refractivity (Wildman–Crippen MR) is 98.1 cm³/mol. The van der Waals surface area contributed by atoms with Crippen LogP contribution in [0.15, 0.2) is 59.2 Å².